The van der Waals surface area contributed by atoms with Crippen LogP contribution in [0.2, 0.25) is 0 Å². The van der Waals surface area contributed by atoms with Crippen LogP contribution >= 0.6 is 0 Å². The molecule has 0 bridgehead atoms. The van der Waals surface area contributed by atoms with E-state index in [1.165, 1.54) is 24.7 Å². The zero-order valence-electron chi connectivity index (χ0n) is 12.1. The van der Waals surface area contributed by atoms with Crippen LogP contribution in [0, 0.1) is 0 Å². The number of nitrogens with one attached hydrogen (secondary N) is 1. The Hall–Kier alpha value is -2.30. The maximum Gasteiger partial charge on any atom is 0.303 e. The SMILES string of the molecule is CCCCc1ccc(Nc2nc(CCC(=O)O)co2)cc1. The molecule has 0 aliphatic heterocycles. The zero-order valence-corrected chi connectivity index (χ0v) is 12.1. The van der Waals surface area contributed by atoms with Crippen molar-refractivity contribution in [2.24, 2.45) is 0 Å². The van der Waals surface area contributed by atoms with Crippen LogP contribution in [0.3, 0.4) is 0 Å². The van der Waals surface area contributed by atoms with E-state index >= 15 is 0 Å². The quantitative estimate of drug-likeness (QED) is 0.773. The van der Waals surface area contributed by atoms with Crippen LogP contribution in [0.1, 0.15) is 37.4 Å². The number of hydrogen-bond donors (Lipinski definition) is 2. The minimum Gasteiger partial charge on any atom is -0.481 e. The third-order valence-corrected chi connectivity index (χ3v) is 3.17. The van der Waals surface area contributed by atoms with Crippen molar-refractivity contribution in [2.75, 3.05) is 5.32 Å². The van der Waals surface area contributed by atoms with Crippen molar-refractivity contribution in [3.8, 4) is 0 Å². The predicted octanol–water partition coefficient (Wildman–Crippen LogP) is 3.78. The summed E-state index contributed by atoms with van der Waals surface area (Å²) < 4.78 is 5.28. The van der Waals surface area contributed by atoms with Crippen molar-refractivity contribution in [3.63, 3.8) is 0 Å². The minimum absolute atomic E-state index is 0.0537. The number of aliphatic carboxylic acids is 1. The molecule has 0 radical (unpaired) electrons. The number of oxazole rings is 1. The van der Waals surface area contributed by atoms with Gasteiger partial charge in [0, 0.05) is 12.1 Å². The maximum atomic E-state index is 10.5. The van der Waals surface area contributed by atoms with Crippen molar-refractivity contribution in [1.82, 2.24) is 4.98 Å². The van der Waals surface area contributed by atoms with Crippen molar-refractivity contribution < 1.29 is 14.3 Å². The van der Waals surface area contributed by atoms with Gasteiger partial charge in [0.15, 0.2) is 0 Å². The first-order chi connectivity index (χ1) is 10.2. The lowest BCUT2D eigenvalue weighted by Gasteiger charge is -2.03. The lowest BCUT2D eigenvalue weighted by atomic mass is 10.1. The first-order valence-electron chi connectivity index (χ1n) is 7.19. The summed E-state index contributed by atoms with van der Waals surface area (Å²) in [5, 5.41) is 11.7. The third-order valence-electron chi connectivity index (χ3n) is 3.17. The molecule has 0 amide bonds. The number of anilines is 2. The number of aromatic nitrogens is 1. The van der Waals surface area contributed by atoms with E-state index in [0.717, 1.165) is 12.1 Å². The van der Waals surface area contributed by atoms with Gasteiger partial charge in [0.2, 0.25) is 0 Å². The Balaban J connectivity index is 1.90. The topological polar surface area (TPSA) is 75.4 Å². The molecule has 5 nitrogen and oxygen atoms in total. The molecule has 0 aliphatic carbocycles. The van der Waals surface area contributed by atoms with E-state index in [4.69, 9.17) is 9.52 Å². The molecule has 0 fully saturated rings. The fraction of sp³-hybridized carbons (Fsp3) is 0.375. The number of carboxylic acids is 1. The van der Waals surface area contributed by atoms with Gasteiger partial charge in [-0.3, -0.25) is 4.79 Å². The van der Waals surface area contributed by atoms with Gasteiger partial charge in [-0.25, -0.2) is 0 Å². The molecule has 0 saturated heterocycles. The molecule has 0 unspecified atom stereocenters. The van der Waals surface area contributed by atoms with Gasteiger partial charge in [0.1, 0.15) is 6.26 Å². The summed E-state index contributed by atoms with van der Waals surface area (Å²) in [6, 6.07) is 8.55. The van der Waals surface area contributed by atoms with Crippen molar-refractivity contribution in [2.45, 2.75) is 39.0 Å². The summed E-state index contributed by atoms with van der Waals surface area (Å²) in [5.74, 6) is -0.838. The fourth-order valence-corrected chi connectivity index (χ4v) is 1.97. The summed E-state index contributed by atoms with van der Waals surface area (Å²) in [6.45, 7) is 2.18. The van der Waals surface area contributed by atoms with Crippen LogP contribution in [0.25, 0.3) is 0 Å². The van der Waals surface area contributed by atoms with Crippen molar-refractivity contribution >= 4 is 17.7 Å². The molecule has 1 aromatic heterocycles. The minimum atomic E-state index is -0.838. The highest BCUT2D eigenvalue weighted by atomic mass is 16.4. The highest BCUT2D eigenvalue weighted by molar-refractivity contribution is 5.67. The Bertz CT molecular complexity index is 575. The number of carbonyl (C=O) groups is 1. The standard InChI is InChI=1S/C16H20N2O3/c1-2-3-4-12-5-7-13(8-6-12)17-16-18-14(11-21-16)9-10-15(19)20/h5-8,11H,2-4,9-10H2,1H3,(H,17,18)(H,19,20). The molecule has 0 atom stereocenters. The Morgan fingerprint density at radius 1 is 1.29 bits per heavy atom. The summed E-state index contributed by atoms with van der Waals surface area (Å²) in [5.41, 5.74) is 2.86. The molecule has 21 heavy (non-hydrogen) atoms. The number of unbranched alkanes of at least 4 members (excludes halogenated alkanes) is 1. The Labute approximate surface area is 124 Å². The number of rotatable bonds is 8. The normalized spacial score (nSPS) is 10.5. The zero-order chi connectivity index (χ0) is 15.1. The highest BCUT2D eigenvalue weighted by Gasteiger charge is 2.06. The largest absolute Gasteiger partial charge is 0.481 e. The van der Waals surface area contributed by atoms with Gasteiger partial charge in [0.05, 0.1) is 12.1 Å². The highest BCUT2D eigenvalue weighted by Crippen LogP contribution is 2.18. The maximum absolute atomic E-state index is 10.5. The second-order valence-electron chi connectivity index (χ2n) is 4.96. The number of nitrogens with zero attached hydrogens (tertiary/aromatic N) is 1. The van der Waals surface area contributed by atoms with Gasteiger partial charge in [-0.05, 0) is 30.5 Å². The van der Waals surface area contributed by atoms with E-state index in [1.807, 2.05) is 12.1 Å². The van der Waals surface area contributed by atoms with Crippen molar-refractivity contribution in [3.05, 3.63) is 41.8 Å². The molecule has 2 N–H and O–H groups in total. The van der Waals surface area contributed by atoms with Gasteiger partial charge in [0.25, 0.3) is 6.01 Å². The summed E-state index contributed by atoms with van der Waals surface area (Å²) in [6.07, 6.45) is 5.39. The first-order valence-corrected chi connectivity index (χ1v) is 7.19. The first kappa shape index (κ1) is 15.1. The Kier molecular flexibility index (Phi) is 5.37. The lowest BCUT2D eigenvalue weighted by Crippen LogP contribution is -1.98. The summed E-state index contributed by atoms with van der Waals surface area (Å²) in [7, 11) is 0. The van der Waals surface area contributed by atoms with Gasteiger partial charge in [-0.15, -0.1) is 0 Å². The predicted molar refractivity (Wildman–Crippen MR) is 80.8 cm³/mol. The smallest absolute Gasteiger partial charge is 0.303 e. The second kappa shape index (κ2) is 7.47. The van der Waals surface area contributed by atoms with Gasteiger partial charge in [-0.2, -0.15) is 4.98 Å². The Morgan fingerprint density at radius 3 is 2.71 bits per heavy atom. The molecule has 0 aliphatic rings. The van der Waals surface area contributed by atoms with Crippen LogP contribution < -0.4 is 5.32 Å². The van der Waals surface area contributed by atoms with Gasteiger partial charge in [-0.1, -0.05) is 25.5 Å². The van der Waals surface area contributed by atoms with Gasteiger partial charge < -0.3 is 14.8 Å². The molecular weight excluding hydrogens is 268 g/mol. The molecule has 1 heterocycles. The summed E-state index contributed by atoms with van der Waals surface area (Å²) >= 11 is 0. The molecule has 2 aromatic rings. The Morgan fingerprint density at radius 2 is 2.05 bits per heavy atom. The van der Waals surface area contributed by atoms with Crippen LogP contribution in [0.15, 0.2) is 34.9 Å². The van der Waals surface area contributed by atoms with E-state index in [1.54, 1.807) is 0 Å². The number of hydrogen-bond acceptors (Lipinski definition) is 4. The molecular formula is C16H20N2O3. The monoisotopic (exact) mass is 288 g/mol. The lowest BCUT2D eigenvalue weighted by molar-refractivity contribution is -0.136. The van der Waals surface area contributed by atoms with Crippen LogP contribution in [-0.2, 0) is 17.6 Å². The number of benzene rings is 1. The number of carboxylic acid groups (broad SMARTS) is 1. The molecule has 1 aromatic carbocycles. The summed E-state index contributed by atoms with van der Waals surface area (Å²) in [4.78, 5) is 14.7. The van der Waals surface area contributed by atoms with Crippen LogP contribution in [-0.4, -0.2) is 16.1 Å². The van der Waals surface area contributed by atoms with E-state index in [9.17, 15) is 4.79 Å². The average Bonchev–Trinajstić information content (AvgIpc) is 2.92. The van der Waals surface area contributed by atoms with Crippen molar-refractivity contribution in [1.29, 1.82) is 0 Å². The molecule has 2 rings (SSSR count). The second-order valence-corrected chi connectivity index (χ2v) is 4.96. The van der Waals surface area contributed by atoms with E-state index in [2.05, 4.69) is 29.4 Å². The van der Waals surface area contributed by atoms with Crippen LogP contribution in [0.4, 0.5) is 11.7 Å². The third kappa shape index (κ3) is 4.95. The molecule has 112 valence electrons. The molecule has 0 saturated carbocycles. The van der Waals surface area contributed by atoms with Crippen LogP contribution in [0.5, 0.6) is 0 Å². The molecule has 5 heteroatoms. The van der Waals surface area contributed by atoms with E-state index in [-0.39, 0.29) is 6.42 Å². The average molecular weight is 288 g/mol. The number of aryl methyl sites for hydroxylation is 2. The van der Waals surface area contributed by atoms with E-state index in [0.29, 0.717) is 18.1 Å². The van der Waals surface area contributed by atoms with Gasteiger partial charge >= 0.3 is 5.97 Å². The van der Waals surface area contributed by atoms with E-state index < -0.39 is 5.97 Å². The molecule has 0 spiro atoms. The fourth-order valence-electron chi connectivity index (χ4n) is 1.97.